The summed E-state index contributed by atoms with van der Waals surface area (Å²) in [5.74, 6) is -0.240. The van der Waals surface area contributed by atoms with Gasteiger partial charge >= 0.3 is 12.3 Å². The summed E-state index contributed by atoms with van der Waals surface area (Å²) in [5, 5.41) is 22.0. The molecule has 0 spiro atoms. The van der Waals surface area contributed by atoms with E-state index in [1.54, 1.807) is 6.20 Å². The minimum absolute atomic E-state index is 0.0786. The second-order valence-corrected chi connectivity index (χ2v) is 10.5. The van der Waals surface area contributed by atoms with E-state index >= 15 is 0 Å². The number of aryl methyl sites for hydroxylation is 1. The fourth-order valence-corrected chi connectivity index (χ4v) is 5.78. The molecule has 0 unspecified atom stereocenters. The standard InChI is InChI=1S/C29H29F3N6O3/c1-36-11-2-3-25(36)23-6-4-21(17-34-23)28(26(39)35-22-8-12-38(18-22)27(40)41)9-13-37(14-10-28)24-7-5-20(29(30,31)32)15-19(24)16-33/h2-7,11,15,17,22H,8-10,12-14,18H2,1H3,(H,35,39)(H,40,41)/t22-/m0/s1. The number of likely N-dealkylation sites (tertiary alicyclic amines) is 1. The second-order valence-electron chi connectivity index (χ2n) is 10.5. The Morgan fingerprint density at radius 2 is 1.90 bits per heavy atom. The molecule has 0 bridgehead atoms. The van der Waals surface area contributed by atoms with Crippen molar-refractivity contribution in [3.05, 3.63) is 71.5 Å². The molecule has 9 nitrogen and oxygen atoms in total. The van der Waals surface area contributed by atoms with Crippen LogP contribution in [0.4, 0.5) is 23.7 Å². The number of aromatic nitrogens is 2. The number of anilines is 1. The molecule has 1 atom stereocenters. The van der Waals surface area contributed by atoms with Gasteiger partial charge in [0, 0.05) is 51.7 Å². The third kappa shape index (κ3) is 5.44. The third-order valence-electron chi connectivity index (χ3n) is 8.15. The van der Waals surface area contributed by atoms with E-state index in [-0.39, 0.29) is 24.1 Å². The van der Waals surface area contributed by atoms with Gasteiger partial charge in [0.25, 0.3) is 0 Å². The average molecular weight is 567 g/mol. The molecule has 2 fully saturated rings. The van der Waals surface area contributed by atoms with Gasteiger partial charge in [-0.2, -0.15) is 18.4 Å². The van der Waals surface area contributed by atoms with E-state index in [0.717, 1.165) is 23.5 Å². The fourth-order valence-electron chi connectivity index (χ4n) is 5.78. The maximum atomic E-state index is 13.9. The fraction of sp³-hybridized carbons (Fsp3) is 0.379. The van der Waals surface area contributed by atoms with Gasteiger partial charge in [0.05, 0.1) is 33.6 Å². The number of pyridine rings is 1. The van der Waals surface area contributed by atoms with Gasteiger partial charge in [-0.05, 0) is 61.2 Å². The van der Waals surface area contributed by atoms with Gasteiger partial charge in [0.2, 0.25) is 5.91 Å². The first kappa shape index (κ1) is 28.0. The summed E-state index contributed by atoms with van der Waals surface area (Å²) in [5.41, 5.74) is 0.783. The Bertz CT molecular complexity index is 1490. The van der Waals surface area contributed by atoms with Crippen LogP contribution in [0.1, 0.15) is 36.0 Å². The van der Waals surface area contributed by atoms with Crippen molar-refractivity contribution in [2.75, 3.05) is 31.1 Å². The van der Waals surface area contributed by atoms with Crippen LogP contribution in [0.15, 0.2) is 54.9 Å². The molecule has 5 rings (SSSR count). The Morgan fingerprint density at radius 1 is 1.15 bits per heavy atom. The van der Waals surface area contributed by atoms with Crippen molar-refractivity contribution in [2.24, 2.45) is 7.05 Å². The normalized spacial score (nSPS) is 18.7. The molecule has 2 aliphatic heterocycles. The zero-order valence-corrected chi connectivity index (χ0v) is 22.4. The molecule has 2 saturated heterocycles. The van der Waals surface area contributed by atoms with Gasteiger partial charge in [-0.1, -0.05) is 6.07 Å². The first-order chi connectivity index (χ1) is 19.5. The lowest BCUT2D eigenvalue weighted by Crippen LogP contribution is -2.54. The summed E-state index contributed by atoms with van der Waals surface area (Å²) in [6, 6.07) is 12.3. The zero-order chi connectivity index (χ0) is 29.4. The van der Waals surface area contributed by atoms with Gasteiger partial charge < -0.3 is 24.8 Å². The highest BCUT2D eigenvalue weighted by atomic mass is 19.4. The van der Waals surface area contributed by atoms with Crippen LogP contribution in [0.5, 0.6) is 0 Å². The topological polar surface area (TPSA) is 114 Å². The number of carbonyl (C=O) groups excluding carboxylic acids is 1. The van der Waals surface area contributed by atoms with Crippen LogP contribution < -0.4 is 10.2 Å². The predicted octanol–water partition coefficient (Wildman–Crippen LogP) is 4.38. The number of alkyl halides is 3. The number of amides is 2. The molecule has 2 amide bonds. The van der Waals surface area contributed by atoms with Gasteiger partial charge in [0.1, 0.15) is 6.07 Å². The molecule has 0 radical (unpaired) electrons. The number of benzene rings is 1. The van der Waals surface area contributed by atoms with Crippen molar-refractivity contribution in [3.8, 4) is 17.5 Å². The molecule has 41 heavy (non-hydrogen) atoms. The smallest absolute Gasteiger partial charge is 0.416 e. The summed E-state index contributed by atoms with van der Waals surface area (Å²) in [6.45, 7) is 1.17. The molecule has 0 saturated carbocycles. The number of piperidine rings is 1. The van der Waals surface area contributed by atoms with E-state index in [1.807, 2.05) is 53.0 Å². The molecule has 2 aromatic heterocycles. The molecule has 0 aliphatic carbocycles. The van der Waals surface area contributed by atoms with Crippen LogP contribution in [0.3, 0.4) is 0 Å². The zero-order valence-electron chi connectivity index (χ0n) is 22.4. The van der Waals surface area contributed by atoms with E-state index < -0.39 is 23.2 Å². The SMILES string of the molecule is Cn1cccc1-c1ccc(C2(C(=O)N[C@H]3CCN(C(=O)O)C3)CCN(c3ccc(C(F)(F)F)cc3C#N)CC2)cn1. The van der Waals surface area contributed by atoms with Crippen molar-refractivity contribution in [3.63, 3.8) is 0 Å². The summed E-state index contributed by atoms with van der Waals surface area (Å²) in [6.07, 6.45) is -0.842. The van der Waals surface area contributed by atoms with Crippen molar-refractivity contribution in [2.45, 2.75) is 36.9 Å². The monoisotopic (exact) mass is 566 g/mol. The van der Waals surface area contributed by atoms with Gasteiger partial charge in [-0.15, -0.1) is 0 Å². The van der Waals surface area contributed by atoms with E-state index in [9.17, 15) is 33.1 Å². The van der Waals surface area contributed by atoms with Crippen LogP contribution in [0.2, 0.25) is 0 Å². The summed E-state index contributed by atoms with van der Waals surface area (Å²) < 4.78 is 41.6. The number of hydrogen-bond acceptors (Lipinski definition) is 5. The highest BCUT2D eigenvalue weighted by Crippen LogP contribution is 2.40. The Morgan fingerprint density at radius 3 is 2.46 bits per heavy atom. The number of nitrogens with zero attached hydrogens (tertiary/aromatic N) is 5. The van der Waals surface area contributed by atoms with E-state index in [1.165, 1.54) is 11.0 Å². The molecule has 214 valence electrons. The minimum Gasteiger partial charge on any atom is -0.465 e. The van der Waals surface area contributed by atoms with Crippen LogP contribution in [0.25, 0.3) is 11.4 Å². The second kappa shape index (κ2) is 10.8. The minimum atomic E-state index is -4.56. The molecule has 4 heterocycles. The Labute approximate surface area is 234 Å². The molecule has 12 heteroatoms. The lowest BCUT2D eigenvalue weighted by Gasteiger charge is -2.42. The van der Waals surface area contributed by atoms with Gasteiger partial charge in [0.15, 0.2) is 0 Å². The Hall–Kier alpha value is -4.53. The van der Waals surface area contributed by atoms with Crippen molar-refractivity contribution in [1.82, 2.24) is 19.8 Å². The van der Waals surface area contributed by atoms with Crippen LogP contribution in [-0.2, 0) is 23.4 Å². The molecule has 1 aromatic carbocycles. The first-order valence-corrected chi connectivity index (χ1v) is 13.3. The Kier molecular flexibility index (Phi) is 7.38. The predicted molar refractivity (Wildman–Crippen MR) is 144 cm³/mol. The molecular formula is C29H29F3N6O3. The van der Waals surface area contributed by atoms with Gasteiger partial charge in [-0.25, -0.2) is 4.79 Å². The van der Waals surface area contributed by atoms with Gasteiger partial charge in [-0.3, -0.25) is 9.78 Å². The highest BCUT2D eigenvalue weighted by molar-refractivity contribution is 5.89. The maximum absolute atomic E-state index is 13.9. The third-order valence-corrected chi connectivity index (χ3v) is 8.15. The first-order valence-electron chi connectivity index (χ1n) is 13.3. The van der Waals surface area contributed by atoms with Crippen LogP contribution in [0, 0.1) is 11.3 Å². The number of nitriles is 1. The largest absolute Gasteiger partial charge is 0.465 e. The number of carboxylic acid groups (broad SMARTS) is 1. The lowest BCUT2D eigenvalue weighted by molar-refractivity contribution is -0.137. The maximum Gasteiger partial charge on any atom is 0.416 e. The molecule has 2 aliphatic rings. The number of carbonyl (C=O) groups is 2. The number of rotatable bonds is 5. The van der Waals surface area contributed by atoms with Crippen LogP contribution in [-0.4, -0.2) is 63.8 Å². The molecule has 3 aromatic rings. The average Bonchev–Trinajstić information content (AvgIpc) is 3.61. The van der Waals surface area contributed by atoms with Crippen LogP contribution >= 0.6 is 0 Å². The van der Waals surface area contributed by atoms with E-state index in [4.69, 9.17) is 0 Å². The Balaban J connectivity index is 1.42. The highest BCUT2D eigenvalue weighted by Gasteiger charge is 2.45. The summed E-state index contributed by atoms with van der Waals surface area (Å²) >= 11 is 0. The molecule has 2 N–H and O–H groups in total. The van der Waals surface area contributed by atoms with Crippen molar-refractivity contribution >= 4 is 17.7 Å². The number of halogens is 3. The summed E-state index contributed by atoms with van der Waals surface area (Å²) in [7, 11) is 1.91. The quantitative estimate of drug-likeness (QED) is 0.474. The molecular weight excluding hydrogens is 537 g/mol. The number of nitrogens with one attached hydrogen (secondary N) is 1. The van der Waals surface area contributed by atoms with Crippen molar-refractivity contribution in [1.29, 1.82) is 5.26 Å². The van der Waals surface area contributed by atoms with E-state index in [2.05, 4.69) is 10.3 Å². The number of hydrogen-bond donors (Lipinski definition) is 2. The summed E-state index contributed by atoms with van der Waals surface area (Å²) in [4.78, 5) is 33.1. The van der Waals surface area contributed by atoms with E-state index in [0.29, 0.717) is 50.1 Å². The lowest BCUT2D eigenvalue weighted by atomic mass is 9.72. The van der Waals surface area contributed by atoms with Crippen molar-refractivity contribution < 1.29 is 27.9 Å².